The first kappa shape index (κ1) is 21.2. The van der Waals surface area contributed by atoms with Gasteiger partial charge in [-0.25, -0.2) is 14.2 Å². The lowest BCUT2D eigenvalue weighted by Crippen LogP contribution is -2.44. The molecule has 4 rings (SSSR count). The molecule has 0 radical (unpaired) electrons. The molecule has 1 aliphatic rings. The Balaban J connectivity index is 1.49. The van der Waals surface area contributed by atoms with Crippen LogP contribution in [0.5, 0.6) is 0 Å². The topological polar surface area (TPSA) is 77.0 Å². The van der Waals surface area contributed by atoms with Crippen LogP contribution in [0.4, 0.5) is 23.5 Å². The molecule has 0 saturated heterocycles. The number of hydrogen-bond donors (Lipinski definition) is 1. The number of hydrogen-bond acceptors (Lipinski definition) is 6. The standard InChI is InChI=1S/C20H17F4N5OS/c21-13-3-1-12(2-4-13)15-7-8-28(10-16(15)25)18-26-11-29(19(30)27-18)9-14-5-6-17(31-14)20(22,23)24/h1-7,11,16H,8-10,25H2/t16-/m0/s1. The normalized spacial score (nSPS) is 17.0. The average Bonchev–Trinajstić information content (AvgIpc) is 3.19. The third kappa shape index (κ3) is 4.67. The minimum absolute atomic E-state index is 0.0476. The smallest absolute Gasteiger partial charge is 0.335 e. The first-order valence-electron chi connectivity index (χ1n) is 9.26. The van der Waals surface area contributed by atoms with Crippen LogP contribution in [0.25, 0.3) is 5.57 Å². The van der Waals surface area contributed by atoms with Crippen molar-refractivity contribution in [1.29, 1.82) is 0 Å². The molecule has 2 aromatic heterocycles. The molecule has 0 bridgehead atoms. The molecule has 31 heavy (non-hydrogen) atoms. The van der Waals surface area contributed by atoms with E-state index in [1.165, 1.54) is 24.5 Å². The largest absolute Gasteiger partial charge is 0.425 e. The van der Waals surface area contributed by atoms with Crippen molar-refractivity contribution in [2.75, 3.05) is 18.0 Å². The summed E-state index contributed by atoms with van der Waals surface area (Å²) in [5.74, 6) is -0.144. The quantitative estimate of drug-likeness (QED) is 0.617. The summed E-state index contributed by atoms with van der Waals surface area (Å²) in [6, 6.07) is 7.97. The maximum absolute atomic E-state index is 13.1. The van der Waals surface area contributed by atoms with Crippen LogP contribution in [0.3, 0.4) is 0 Å². The Labute approximate surface area is 178 Å². The highest BCUT2D eigenvalue weighted by Crippen LogP contribution is 2.34. The minimum atomic E-state index is -4.42. The van der Waals surface area contributed by atoms with E-state index in [-0.39, 0.29) is 18.3 Å². The number of nitrogens with two attached hydrogens (primary N) is 1. The predicted molar refractivity (Wildman–Crippen MR) is 109 cm³/mol. The summed E-state index contributed by atoms with van der Waals surface area (Å²) in [6.07, 6.45) is -1.27. The summed E-state index contributed by atoms with van der Waals surface area (Å²) in [7, 11) is 0. The van der Waals surface area contributed by atoms with E-state index in [0.717, 1.165) is 21.8 Å². The van der Waals surface area contributed by atoms with Gasteiger partial charge in [0.25, 0.3) is 0 Å². The second kappa shape index (κ2) is 8.23. The number of rotatable bonds is 4. The predicted octanol–water partition coefficient (Wildman–Crippen LogP) is 3.14. The van der Waals surface area contributed by atoms with Crippen LogP contribution in [0, 0.1) is 5.82 Å². The second-order valence-electron chi connectivity index (χ2n) is 7.01. The Kier molecular flexibility index (Phi) is 5.63. The van der Waals surface area contributed by atoms with Crippen molar-refractivity contribution >= 4 is 22.9 Å². The van der Waals surface area contributed by atoms with E-state index in [9.17, 15) is 22.4 Å². The van der Waals surface area contributed by atoms with Gasteiger partial charge in [-0.1, -0.05) is 18.2 Å². The Hall–Kier alpha value is -3.05. The van der Waals surface area contributed by atoms with Gasteiger partial charge in [0.1, 0.15) is 17.0 Å². The summed E-state index contributed by atoms with van der Waals surface area (Å²) in [5, 5.41) is 0. The summed E-state index contributed by atoms with van der Waals surface area (Å²) in [6.45, 7) is 0.713. The average molecular weight is 451 g/mol. The van der Waals surface area contributed by atoms with Gasteiger partial charge >= 0.3 is 11.9 Å². The van der Waals surface area contributed by atoms with Crippen LogP contribution in [0.2, 0.25) is 0 Å². The molecule has 0 saturated carbocycles. The van der Waals surface area contributed by atoms with Crippen LogP contribution in [0.15, 0.2) is 53.6 Å². The maximum Gasteiger partial charge on any atom is 0.425 e. The summed E-state index contributed by atoms with van der Waals surface area (Å²) in [4.78, 5) is 21.9. The lowest BCUT2D eigenvalue weighted by molar-refractivity contribution is -0.134. The van der Waals surface area contributed by atoms with Gasteiger partial charge in [0.15, 0.2) is 0 Å². The van der Waals surface area contributed by atoms with Gasteiger partial charge in [0, 0.05) is 24.0 Å². The summed E-state index contributed by atoms with van der Waals surface area (Å²) >= 11 is 0.576. The third-order valence-corrected chi connectivity index (χ3v) is 5.94. The molecular formula is C20H17F4N5OS. The van der Waals surface area contributed by atoms with Gasteiger partial charge in [-0.15, -0.1) is 11.3 Å². The highest BCUT2D eigenvalue weighted by molar-refractivity contribution is 7.12. The van der Waals surface area contributed by atoms with Gasteiger partial charge in [-0.3, -0.25) is 4.57 Å². The molecule has 0 aliphatic carbocycles. The van der Waals surface area contributed by atoms with E-state index in [1.807, 2.05) is 6.08 Å². The molecule has 1 atom stereocenters. The second-order valence-corrected chi connectivity index (χ2v) is 8.18. The number of alkyl halides is 3. The minimum Gasteiger partial charge on any atom is -0.335 e. The van der Waals surface area contributed by atoms with E-state index in [1.54, 1.807) is 17.0 Å². The molecular weight excluding hydrogens is 434 g/mol. The zero-order chi connectivity index (χ0) is 22.2. The molecule has 2 N–H and O–H groups in total. The number of anilines is 1. The molecule has 1 aliphatic heterocycles. The fourth-order valence-electron chi connectivity index (χ4n) is 3.30. The molecule has 162 valence electrons. The zero-order valence-electron chi connectivity index (χ0n) is 16.0. The van der Waals surface area contributed by atoms with E-state index in [4.69, 9.17) is 5.73 Å². The summed E-state index contributed by atoms with van der Waals surface area (Å²) in [5.41, 5.74) is 7.32. The maximum atomic E-state index is 13.1. The molecule has 0 unspecified atom stereocenters. The molecule has 11 heteroatoms. The van der Waals surface area contributed by atoms with Gasteiger partial charge in [0.05, 0.1) is 6.54 Å². The molecule has 0 amide bonds. The molecule has 6 nitrogen and oxygen atoms in total. The van der Waals surface area contributed by atoms with Crippen molar-refractivity contribution in [3.05, 3.63) is 80.4 Å². The number of thiophene rings is 1. The molecule has 0 spiro atoms. The van der Waals surface area contributed by atoms with Crippen LogP contribution < -0.4 is 16.3 Å². The fourth-order valence-corrected chi connectivity index (χ4v) is 4.18. The first-order chi connectivity index (χ1) is 14.7. The van der Waals surface area contributed by atoms with Crippen molar-refractivity contribution in [2.45, 2.75) is 18.8 Å². The number of aromatic nitrogens is 3. The lowest BCUT2D eigenvalue weighted by atomic mass is 9.95. The molecule has 0 fully saturated rings. The van der Waals surface area contributed by atoms with Gasteiger partial charge < -0.3 is 10.6 Å². The SMILES string of the molecule is N[C@H]1CN(c2ncn(Cc3ccc(C(F)(F)F)s3)c(=O)n2)CC=C1c1ccc(F)cc1. The van der Waals surface area contributed by atoms with Crippen LogP contribution in [-0.4, -0.2) is 33.7 Å². The number of nitrogens with zero attached hydrogens (tertiary/aromatic N) is 4. The Morgan fingerprint density at radius 2 is 1.90 bits per heavy atom. The van der Waals surface area contributed by atoms with Crippen molar-refractivity contribution in [3.63, 3.8) is 0 Å². The highest BCUT2D eigenvalue weighted by Gasteiger charge is 2.32. The van der Waals surface area contributed by atoms with Gasteiger partial charge in [-0.05, 0) is 35.4 Å². The van der Waals surface area contributed by atoms with Crippen LogP contribution >= 0.6 is 11.3 Å². The third-order valence-electron chi connectivity index (χ3n) is 4.83. The Morgan fingerprint density at radius 3 is 2.52 bits per heavy atom. The number of benzene rings is 1. The monoisotopic (exact) mass is 451 g/mol. The van der Waals surface area contributed by atoms with Gasteiger partial charge in [0.2, 0.25) is 5.95 Å². The molecule has 3 aromatic rings. The van der Waals surface area contributed by atoms with Crippen molar-refractivity contribution in [3.8, 4) is 0 Å². The zero-order valence-corrected chi connectivity index (χ0v) is 16.8. The van der Waals surface area contributed by atoms with Gasteiger partial charge in [-0.2, -0.15) is 18.2 Å². The summed E-state index contributed by atoms with van der Waals surface area (Å²) < 4.78 is 52.5. The number of halogens is 4. The van der Waals surface area contributed by atoms with E-state index < -0.39 is 22.8 Å². The fraction of sp³-hybridized carbons (Fsp3) is 0.250. The van der Waals surface area contributed by atoms with Crippen LogP contribution in [0.1, 0.15) is 15.3 Å². The first-order valence-corrected chi connectivity index (χ1v) is 10.1. The van der Waals surface area contributed by atoms with E-state index >= 15 is 0 Å². The van der Waals surface area contributed by atoms with Crippen LogP contribution in [-0.2, 0) is 12.7 Å². The van der Waals surface area contributed by atoms with E-state index in [0.29, 0.717) is 29.3 Å². The van der Waals surface area contributed by atoms with Crippen molar-refractivity contribution < 1.29 is 17.6 Å². The Morgan fingerprint density at radius 1 is 1.16 bits per heavy atom. The highest BCUT2D eigenvalue weighted by atomic mass is 32.1. The lowest BCUT2D eigenvalue weighted by Gasteiger charge is -2.31. The Bertz CT molecular complexity index is 1170. The molecule has 3 heterocycles. The van der Waals surface area contributed by atoms with Crippen molar-refractivity contribution in [1.82, 2.24) is 14.5 Å². The van der Waals surface area contributed by atoms with Crippen molar-refractivity contribution in [2.24, 2.45) is 5.73 Å². The van der Waals surface area contributed by atoms with E-state index in [2.05, 4.69) is 9.97 Å². The molecule has 1 aromatic carbocycles.